The third-order valence-electron chi connectivity index (χ3n) is 5.50. The van der Waals surface area contributed by atoms with E-state index in [1.54, 1.807) is 0 Å². The molecule has 0 spiro atoms. The third kappa shape index (κ3) is 3.29. The van der Waals surface area contributed by atoms with Crippen LogP contribution in [-0.4, -0.2) is 32.8 Å². The Morgan fingerprint density at radius 2 is 1.62 bits per heavy atom. The molecule has 0 unspecified atom stereocenters. The Morgan fingerprint density at radius 1 is 0.846 bits per heavy atom. The molecule has 0 bridgehead atoms. The van der Waals surface area contributed by atoms with E-state index in [2.05, 4.69) is 76.8 Å². The van der Waals surface area contributed by atoms with Crippen molar-refractivity contribution in [3.63, 3.8) is 0 Å². The molecule has 3 aromatic rings. The van der Waals surface area contributed by atoms with Crippen LogP contribution < -0.4 is 0 Å². The van der Waals surface area contributed by atoms with Gasteiger partial charge in [0.1, 0.15) is 5.82 Å². The molecule has 0 saturated heterocycles. The fraction of sp³-hybridized carbons (Fsp3) is 0.364. The predicted molar refractivity (Wildman–Crippen MR) is 105 cm³/mol. The van der Waals surface area contributed by atoms with Gasteiger partial charge in [0.15, 0.2) is 5.82 Å². The molecule has 26 heavy (non-hydrogen) atoms. The number of fused-ring (bicyclic) bond motifs is 1. The van der Waals surface area contributed by atoms with Crippen LogP contribution in [0.4, 0.5) is 0 Å². The van der Waals surface area contributed by atoms with Crippen LogP contribution in [0.25, 0.3) is 11.4 Å². The highest BCUT2D eigenvalue weighted by Crippen LogP contribution is 2.22. The molecular formula is C22H26N4. The maximum Gasteiger partial charge on any atom is 0.164 e. The number of benzene rings is 2. The maximum atomic E-state index is 4.46. The number of rotatable bonds is 3. The summed E-state index contributed by atoms with van der Waals surface area (Å²) in [5, 5.41) is 8.91. The van der Waals surface area contributed by atoms with Crippen molar-refractivity contribution < 1.29 is 0 Å². The highest BCUT2D eigenvalue weighted by atomic mass is 15.3. The van der Waals surface area contributed by atoms with E-state index in [-0.39, 0.29) is 0 Å². The SMILES string of the molecule is Cc1cc(C)c(CN2CCc3nnc(-c4ccccc4)n3CC2)cc1C. The van der Waals surface area contributed by atoms with Crippen LogP contribution in [0, 0.1) is 20.8 Å². The molecule has 0 aliphatic carbocycles. The minimum Gasteiger partial charge on any atom is -0.310 e. The fourth-order valence-electron chi connectivity index (χ4n) is 3.76. The van der Waals surface area contributed by atoms with E-state index in [0.29, 0.717) is 0 Å². The Labute approximate surface area is 155 Å². The zero-order valence-electron chi connectivity index (χ0n) is 15.9. The zero-order chi connectivity index (χ0) is 18.1. The molecule has 2 heterocycles. The summed E-state index contributed by atoms with van der Waals surface area (Å²) in [5.41, 5.74) is 6.73. The van der Waals surface area contributed by atoms with Gasteiger partial charge in [0, 0.05) is 38.2 Å². The lowest BCUT2D eigenvalue weighted by Crippen LogP contribution is -2.27. The first-order valence-corrected chi connectivity index (χ1v) is 9.38. The lowest BCUT2D eigenvalue weighted by molar-refractivity contribution is 0.271. The number of hydrogen-bond donors (Lipinski definition) is 0. The molecule has 1 aliphatic heterocycles. The standard InChI is InChI=1S/C22H26N4/c1-16-13-18(3)20(14-17(16)2)15-25-10-9-21-23-24-22(26(21)12-11-25)19-7-5-4-6-8-19/h4-8,13-14H,9-12,15H2,1-3H3. The summed E-state index contributed by atoms with van der Waals surface area (Å²) in [7, 11) is 0. The van der Waals surface area contributed by atoms with E-state index in [0.717, 1.165) is 49.8 Å². The molecule has 0 atom stereocenters. The van der Waals surface area contributed by atoms with E-state index < -0.39 is 0 Å². The number of aromatic nitrogens is 3. The van der Waals surface area contributed by atoms with Crippen LogP contribution in [0.3, 0.4) is 0 Å². The lowest BCUT2D eigenvalue weighted by Gasteiger charge is -2.21. The van der Waals surface area contributed by atoms with Gasteiger partial charge in [-0.05, 0) is 43.0 Å². The van der Waals surface area contributed by atoms with Crippen LogP contribution in [0.1, 0.15) is 28.1 Å². The molecule has 4 nitrogen and oxygen atoms in total. The van der Waals surface area contributed by atoms with Crippen molar-refractivity contribution in [2.75, 3.05) is 13.1 Å². The minimum absolute atomic E-state index is 0.941. The topological polar surface area (TPSA) is 34.0 Å². The molecule has 134 valence electrons. The average molecular weight is 346 g/mol. The van der Waals surface area contributed by atoms with E-state index in [1.165, 1.54) is 22.3 Å². The van der Waals surface area contributed by atoms with Gasteiger partial charge in [0.2, 0.25) is 0 Å². The van der Waals surface area contributed by atoms with Crippen molar-refractivity contribution in [3.05, 3.63) is 70.5 Å². The highest BCUT2D eigenvalue weighted by molar-refractivity contribution is 5.55. The lowest BCUT2D eigenvalue weighted by atomic mass is 10.0. The maximum absolute atomic E-state index is 4.46. The summed E-state index contributed by atoms with van der Waals surface area (Å²) >= 11 is 0. The third-order valence-corrected chi connectivity index (χ3v) is 5.50. The summed E-state index contributed by atoms with van der Waals surface area (Å²) in [6, 6.07) is 15.0. The van der Waals surface area contributed by atoms with Crippen LogP contribution in [0.2, 0.25) is 0 Å². The number of nitrogens with zero attached hydrogens (tertiary/aromatic N) is 4. The second-order valence-electron chi connectivity index (χ2n) is 7.35. The van der Waals surface area contributed by atoms with Gasteiger partial charge in [-0.15, -0.1) is 10.2 Å². The van der Waals surface area contributed by atoms with Gasteiger partial charge in [-0.25, -0.2) is 0 Å². The first-order valence-electron chi connectivity index (χ1n) is 9.38. The number of aryl methyl sites for hydroxylation is 3. The van der Waals surface area contributed by atoms with Gasteiger partial charge < -0.3 is 4.57 Å². The Hall–Kier alpha value is -2.46. The molecule has 2 aromatic carbocycles. The predicted octanol–water partition coefficient (Wildman–Crippen LogP) is 3.93. The van der Waals surface area contributed by atoms with Gasteiger partial charge in [-0.3, -0.25) is 4.90 Å². The van der Waals surface area contributed by atoms with E-state index in [1.807, 2.05) is 6.07 Å². The van der Waals surface area contributed by atoms with Crippen molar-refractivity contribution in [2.24, 2.45) is 0 Å². The van der Waals surface area contributed by atoms with Gasteiger partial charge in [-0.1, -0.05) is 42.5 Å². The van der Waals surface area contributed by atoms with E-state index in [4.69, 9.17) is 0 Å². The number of hydrogen-bond acceptors (Lipinski definition) is 3. The van der Waals surface area contributed by atoms with Gasteiger partial charge in [0.25, 0.3) is 0 Å². The van der Waals surface area contributed by atoms with Crippen LogP contribution in [0.15, 0.2) is 42.5 Å². The second-order valence-corrected chi connectivity index (χ2v) is 7.35. The minimum atomic E-state index is 0.941. The Bertz CT molecular complexity index is 911. The summed E-state index contributed by atoms with van der Waals surface area (Å²) in [5.74, 6) is 2.09. The van der Waals surface area contributed by atoms with Crippen molar-refractivity contribution in [1.82, 2.24) is 19.7 Å². The van der Waals surface area contributed by atoms with E-state index >= 15 is 0 Å². The smallest absolute Gasteiger partial charge is 0.164 e. The average Bonchev–Trinajstić information content (AvgIpc) is 2.95. The Morgan fingerprint density at radius 3 is 2.42 bits per heavy atom. The van der Waals surface area contributed by atoms with E-state index in [9.17, 15) is 0 Å². The molecule has 0 amide bonds. The molecule has 0 radical (unpaired) electrons. The molecule has 4 rings (SSSR count). The van der Waals surface area contributed by atoms with Crippen molar-refractivity contribution in [3.8, 4) is 11.4 Å². The molecule has 0 saturated carbocycles. The van der Waals surface area contributed by atoms with Gasteiger partial charge in [0.05, 0.1) is 0 Å². The molecule has 0 fully saturated rings. The zero-order valence-corrected chi connectivity index (χ0v) is 15.9. The van der Waals surface area contributed by atoms with Gasteiger partial charge >= 0.3 is 0 Å². The normalized spacial score (nSPS) is 14.9. The first-order chi connectivity index (χ1) is 12.6. The first kappa shape index (κ1) is 17.0. The van der Waals surface area contributed by atoms with Gasteiger partial charge in [-0.2, -0.15) is 0 Å². The largest absolute Gasteiger partial charge is 0.310 e. The monoisotopic (exact) mass is 346 g/mol. The fourth-order valence-corrected chi connectivity index (χ4v) is 3.76. The quantitative estimate of drug-likeness (QED) is 0.721. The molecular weight excluding hydrogens is 320 g/mol. The van der Waals surface area contributed by atoms with Crippen molar-refractivity contribution in [2.45, 2.75) is 40.3 Å². The van der Waals surface area contributed by atoms with Crippen molar-refractivity contribution in [1.29, 1.82) is 0 Å². The summed E-state index contributed by atoms with van der Waals surface area (Å²) < 4.78 is 2.29. The Kier molecular flexibility index (Phi) is 4.60. The summed E-state index contributed by atoms with van der Waals surface area (Å²) in [6.45, 7) is 10.6. The molecule has 0 N–H and O–H groups in total. The molecule has 4 heteroatoms. The van der Waals surface area contributed by atoms with Crippen LogP contribution >= 0.6 is 0 Å². The van der Waals surface area contributed by atoms with Crippen molar-refractivity contribution >= 4 is 0 Å². The summed E-state index contributed by atoms with van der Waals surface area (Å²) in [4.78, 5) is 2.54. The highest BCUT2D eigenvalue weighted by Gasteiger charge is 2.20. The Balaban J connectivity index is 1.53. The molecule has 1 aliphatic rings. The van der Waals surface area contributed by atoms with Crippen LogP contribution in [-0.2, 0) is 19.5 Å². The molecule has 1 aromatic heterocycles. The second kappa shape index (κ2) is 7.04. The summed E-state index contributed by atoms with van der Waals surface area (Å²) in [6.07, 6.45) is 0.948. The van der Waals surface area contributed by atoms with Crippen LogP contribution in [0.5, 0.6) is 0 Å².